The van der Waals surface area contributed by atoms with E-state index in [-0.39, 0.29) is 34.4 Å². The molecule has 0 aliphatic rings. The number of aliphatic hydroxyl groups excluding tert-OH is 5. The van der Waals surface area contributed by atoms with Crippen molar-refractivity contribution < 1.29 is 52.4 Å². The molecule has 7 N–H and O–H groups in total. The van der Waals surface area contributed by atoms with E-state index in [2.05, 4.69) is 46.9 Å². The molecule has 1 atom stereocenters. The van der Waals surface area contributed by atoms with E-state index in [0.717, 1.165) is 56.9 Å². The van der Waals surface area contributed by atoms with Gasteiger partial charge in [0, 0.05) is 44.6 Å². The van der Waals surface area contributed by atoms with Gasteiger partial charge in [0.05, 0.1) is 6.61 Å². The maximum Gasteiger partial charge on any atom is 4.00 e. The molecular formula is C28H59NO6Ti+4. The van der Waals surface area contributed by atoms with Gasteiger partial charge in [-0.25, -0.2) is 0 Å². The van der Waals surface area contributed by atoms with E-state index in [1.165, 1.54) is 0 Å². The van der Waals surface area contributed by atoms with Crippen molar-refractivity contribution in [1.29, 1.82) is 0 Å². The molecule has 0 aliphatic heterocycles. The van der Waals surface area contributed by atoms with Crippen molar-refractivity contribution in [3.63, 3.8) is 0 Å². The monoisotopic (exact) mass is 553 g/mol. The average molecular weight is 554 g/mol. The second kappa shape index (κ2) is 41.6. The third-order valence-electron chi connectivity index (χ3n) is 4.59. The Morgan fingerprint density at radius 3 is 1.25 bits per heavy atom. The van der Waals surface area contributed by atoms with Gasteiger partial charge in [0.1, 0.15) is 5.75 Å². The van der Waals surface area contributed by atoms with E-state index in [9.17, 15) is 5.11 Å². The van der Waals surface area contributed by atoms with Crippen molar-refractivity contribution in [2.45, 2.75) is 105 Å². The smallest absolute Gasteiger partial charge is 0.508 e. The van der Waals surface area contributed by atoms with Gasteiger partial charge in [0.2, 0.25) is 0 Å². The number of para-hydroxylation sites is 1. The molecule has 0 heterocycles. The Morgan fingerprint density at radius 1 is 0.667 bits per heavy atom. The summed E-state index contributed by atoms with van der Waals surface area (Å²) >= 11 is 0. The standard InChI is InChI=1S/C12H19NO2.4C4H10O.Ti/c1-9(2)11(8-14)13-7-10-5-3-4-6-12(10)15;4*1-2-3-4-5;/h3-6,9,11,13-15H,7-8H2,1-2H3;4*5H,2-4H2,1H3;/q;;;;;+4/t11-;;;;;/m1...../s1. The molecule has 0 saturated carbocycles. The van der Waals surface area contributed by atoms with Crippen LogP contribution in [0.3, 0.4) is 0 Å². The molecule has 0 fully saturated rings. The molecule has 1 aromatic carbocycles. The quantitative estimate of drug-likeness (QED) is 0.177. The minimum atomic E-state index is 0. The third kappa shape index (κ3) is 40.7. The summed E-state index contributed by atoms with van der Waals surface area (Å²) in [6.45, 7) is 14.4. The van der Waals surface area contributed by atoms with Gasteiger partial charge in [-0.3, -0.25) is 0 Å². The van der Waals surface area contributed by atoms with Crippen LogP contribution < -0.4 is 5.32 Å². The first-order valence-electron chi connectivity index (χ1n) is 13.4. The molecular weight excluding hydrogens is 494 g/mol. The van der Waals surface area contributed by atoms with Crippen molar-refractivity contribution >= 4 is 0 Å². The second-order valence-electron chi connectivity index (χ2n) is 8.35. The first-order chi connectivity index (χ1) is 16.8. The normalized spacial score (nSPS) is 10.1. The Kier molecular flexibility index (Phi) is 52.5. The first-order valence-corrected chi connectivity index (χ1v) is 13.4. The number of nitrogens with one attached hydrogen (secondary N) is 1. The Morgan fingerprint density at radius 2 is 1.03 bits per heavy atom. The van der Waals surface area contributed by atoms with Gasteiger partial charge in [0.15, 0.2) is 0 Å². The molecule has 8 heteroatoms. The van der Waals surface area contributed by atoms with Crippen LogP contribution in [0.2, 0.25) is 0 Å². The van der Waals surface area contributed by atoms with E-state index in [4.69, 9.17) is 25.5 Å². The topological polar surface area (TPSA) is 133 Å². The van der Waals surface area contributed by atoms with Crippen LogP contribution in [0.4, 0.5) is 0 Å². The molecule has 36 heavy (non-hydrogen) atoms. The third-order valence-corrected chi connectivity index (χ3v) is 4.59. The summed E-state index contributed by atoms with van der Waals surface area (Å²) in [5, 5.41) is 54.1. The van der Waals surface area contributed by atoms with Crippen LogP contribution in [0.25, 0.3) is 0 Å². The fraction of sp³-hybridized carbons (Fsp3) is 0.786. The summed E-state index contributed by atoms with van der Waals surface area (Å²) in [4.78, 5) is 0. The molecule has 1 rings (SSSR count). The van der Waals surface area contributed by atoms with Gasteiger partial charge < -0.3 is 36.0 Å². The fourth-order valence-electron chi connectivity index (χ4n) is 2.04. The number of unbranched alkanes of at least 4 members (excludes halogenated alkanes) is 4. The van der Waals surface area contributed by atoms with Gasteiger partial charge in [0.25, 0.3) is 0 Å². The minimum Gasteiger partial charge on any atom is -0.508 e. The summed E-state index contributed by atoms with van der Waals surface area (Å²) in [5.74, 6) is 0.673. The predicted molar refractivity (Wildman–Crippen MR) is 149 cm³/mol. The molecule has 1 aromatic rings. The number of aromatic hydroxyl groups is 1. The van der Waals surface area contributed by atoms with Gasteiger partial charge in [-0.2, -0.15) is 0 Å². The Balaban J connectivity index is -0.000000127. The van der Waals surface area contributed by atoms with E-state index in [1.807, 2.05) is 12.1 Å². The largest absolute Gasteiger partial charge is 4.00 e. The van der Waals surface area contributed by atoms with Crippen molar-refractivity contribution in [1.82, 2.24) is 5.32 Å². The number of benzene rings is 1. The Labute approximate surface area is 237 Å². The molecule has 0 bridgehead atoms. The van der Waals surface area contributed by atoms with Crippen LogP contribution in [0.1, 0.15) is 98.5 Å². The Hall–Kier alpha value is -0.506. The molecule has 0 amide bonds. The maximum atomic E-state index is 9.53. The van der Waals surface area contributed by atoms with Crippen molar-refractivity contribution in [3.05, 3.63) is 29.8 Å². The predicted octanol–water partition coefficient (Wildman–Crippen LogP) is 4.61. The zero-order valence-corrected chi connectivity index (χ0v) is 25.6. The van der Waals surface area contributed by atoms with Gasteiger partial charge in [-0.1, -0.05) is 85.4 Å². The van der Waals surface area contributed by atoms with Gasteiger partial charge >= 0.3 is 21.7 Å². The molecule has 212 valence electrons. The van der Waals surface area contributed by atoms with E-state index in [1.54, 1.807) is 12.1 Å². The number of phenols is 1. The number of aliphatic hydroxyl groups is 5. The summed E-state index contributed by atoms with van der Waals surface area (Å²) in [7, 11) is 0. The van der Waals surface area contributed by atoms with Crippen LogP contribution >= 0.6 is 0 Å². The molecule has 0 saturated heterocycles. The number of hydrogen-bond donors (Lipinski definition) is 7. The second-order valence-corrected chi connectivity index (χ2v) is 8.35. The first kappa shape index (κ1) is 45.4. The van der Waals surface area contributed by atoms with Crippen LogP contribution in [0.15, 0.2) is 24.3 Å². The van der Waals surface area contributed by atoms with Crippen molar-refractivity contribution in [2.75, 3.05) is 33.0 Å². The van der Waals surface area contributed by atoms with Crippen molar-refractivity contribution in [3.8, 4) is 5.75 Å². The molecule has 0 unspecified atom stereocenters. The summed E-state index contributed by atoms with van der Waals surface area (Å²) in [5.41, 5.74) is 0.858. The van der Waals surface area contributed by atoms with Crippen LogP contribution in [0.5, 0.6) is 5.75 Å². The zero-order chi connectivity index (χ0) is 27.7. The van der Waals surface area contributed by atoms with E-state index < -0.39 is 0 Å². The average Bonchev–Trinajstić information content (AvgIpc) is 2.84. The molecule has 0 radical (unpaired) electrons. The molecule has 7 nitrogen and oxygen atoms in total. The number of hydrogen-bond acceptors (Lipinski definition) is 7. The van der Waals surface area contributed by atoms with Crippen LogP contribution in [0, 0.1) is 5.92 Å². The molecule has 0 aromatic heterocycles. The van der Waals surface area contributed by atoms with E-state index in [0.29, 0.717) is 44.6 Å². The molecule has 0 spiro atoms. The number of phenolic OH excluding ortho intramolecular Hbond substituents is 1. The van der Waals surface area contributed by atoms with Crippen LogP contribution in [-0.4, -0.2) is 69.7 Å². The number of rotatable bonds is 13. The maximum absolute atomic E-state index is 9.53. The minimum absolute atomic E-state index is 0. The summed E-state index contributed by atoms with van der Waals surface area (Å²) < 4.78 is 0. The molecule has 0 aliphatic carbocycles. The summed E-state index contributed by atoms with van der Waals surface area (Å²) in [6, 6.07) is 7.30. The van der Waals surface area contributed by atoms with Gasteiger partial charge in [-0.15, -0.1) is 0 Å². The van der Waals surface area contributed by atoms with E-state index >= 15 is 0 Å². The summed E-state index contributed by atoms with van der Waals surface area (Å²) in [6.07, 6.45) is 8.15. The zero-order valence-electron chi connectivity index (χ0n) is 24.0. The SMILES string of the molecule is CC(C)[C@@H](CO)NCc1ccccc1O.CCCCO.CCCCO.CCCCO.CCCCO.[Ti+4]. The Bertz CT molecular complexity index is 449. The van der Waals surface area contributed by atoms with Gasteiger partial charge in [-0.05, 0) is 37.7 Å². The fourth-order valence-corrected chi connectivity index (χ4v) is 2.04. The van der Waals surface area contributed by atoms with Crippen LogP contribution in [-0.2, 0) is 28.3 Å². The van der Waals surface area contributed by atoms with Crippen molar-refractivity contribution in [2.24, 2.45) is 5.92 Å².